The lowest BCUT2D eigenvalue weighted by Crippen LogP contribution is -2.30. The second-order valence-corrected chi connectivity index (χ2v) is 9.42. The summed E-state index contributed by atoms with van der Waals surface area (Å²) in [6.45, 7) is 3.71. The Kier molecular flexibility index (Phi) is 7.39. The topological polar surface area (TPSA) is 117 Å². The van der Waals surface area contributed by atoms with E-state index in [2.05, 4.69) is 20.9 Å². The molecule has 0 aliphatic heterocycles. The summed E-state index contributed by atoms with van der Waals surface area (Å²) in [5, 5.41) is 7.83. The Hall–Kier alpha value is -3.79. The smallest absolute Gasteiger partial charge is 0.319 e. The van der Waals surface area contributed by atoms with Crippen LogP contribution in [0.2, 0.25) is 0 Å². The summed E-state index contributed by atoms with van der Waals surface area (Å²) in [6, 6.07) is 11.5. The first kappa shape index (κ1) is 23.9. The molecule has 3 N–H and O–H groups in total. The molecule has 0 saturated heterocycles. The zero-order valence-corrected chi connectivity index (χ0v) is 18.8. The Bertz CT molecular complexity index is 1250. The maximum atomic E-state index is 14.1. The van der Waals surface area contributed by atoms with Crippen molar-refractivity contribution in [2.24, 2.45) is 0 Å². The van der Waals surface area contributed by atoms with E-state index in [9.17, 15) is 22.4 Å². The number of urea groups is 1. The molecule has 10 heteroatoms. The van der Waals surface area contributed by atoms with Crippen LogP contribution < -0.4 is 16.0 Å². The van der Waals surface area contributed by atoms with Crippen LogP contribution in [0.5, 0.6) is 0 Å². The molecule has 8 nitrogen and oxygen atoms in total. The molecule has 33 heavy (non-hydrogen) atoms. The van der Waals surface area contributed by atoms with Crippen LogP contribution in [0.1, 0.15) is 29.8 Å². The summed E-state index contributed by atoms with van der Waals surface area (Å²) in [5.41, 5.74) is 0.858. The molecule has 3 aromatic rings. The van der Waals surface area contributed by atoms with Crippen molar-refractivity contribution in [2.45, 2.75) is 36.2 Å². The van der Waals surface area contributed by atoms with Crippen LogP contribution in [0.15, 0.2) is 76.8 Å². The molecule has 3 rings (SSSR count). The molecule has 1 heterocycles. The van der Waals surface area contributed by atoms with Gasteiger partial charge in [0.1, 0.15) is 5.82 Å². The highest BCUT2D eigenvalue weighted by molar-refractivity contribution is 7.91. The summed E-state index contributed by atoms with van der Waals surface area (Å²) in [5.74, 6) is -1.51. The van der Waals surface area contributed by atoms with Crippen molar-refractivity contribution in [2.75, 3.05) is 5.32 Å². The quantitative estimate of drug-likeness (QED) is 0.457. The van der Waals surface area contributed by atoms with E-state index in [0.29, 0.717) is 5.69 Å². The first-order chi connectivity index (χ1) is 15.7. The molecule has 0 saturated carbocycles. The number of nitrogens with zero attached hydrogens (tertiary/aromatic N) is 1. The van der Waals surface area contributed by atoms with Crippen molar-refractivity contribution in [3.63, 3.8) is 0 Å². The van der Waals surface area contributed by atoms with Gasteiger partial charge in [0.2, 0.25) is 9.84 Å². The highest BCUT2D eigenvalue weighted by atomic mass is 32.2. The van der Waals surface area contributed by atoms with Gasteiger partial charge in [-0.05, 0) is 67.9 Å². The third-order valence-electron chi connectivity index (χ3n) is 4.51. The maximum absolute atomic E-state index is 14.1. The number of hydrogen-bond acceptors (Lipinski definition) is 5. The first-order valence-electron chi connectivity index (χ1n) is 10.1. The van der Waals surface area contributed by atoms with Gasteiger partial charge in [-0.1, -0.05) is 6.07 Å². The molecule has 172 valence electrons. The Morgan fingerprint density at radius 3 is 2.36 bits per heavy atom. The number of sulfone groups is 1. The summed E-state index contributed by atoms with van der Waals surface area (Å²) in [6.07, 6.45) is 3.26. The molecule has 0 radical (unpaired) electrons. The van der Waals surface area contributed by atoms with Crippen molar-refractivity contribution in [1.29, 1.82) is 0 Å². The van der Waals surface area contributed by atoms with Crippen LogP contribution >= 0.6 is 0 Å². The number of amides is 3. The fraction of sp³-hybridized carbons (Fsp3) is 0.174. The predicted octanol–water partition coefficient (Wildman–Crippen LogP) is 3.51. The van der Waals surface area contributed by atoms with Crippen LogP contribution in [0.25, 0.3) is 0 Å². The molecular weight excluding hydrogens is 447 g/mol. The molecule has 0 atom stereocenters. The van der Waals surface area contributed by atoms with E-state index >= 15 is 0 Å². The van der Waals surface area contributed by atoms with E-state index in [1.807, 2.05) is 6.07 Å². The highest BCUT2D eigenvalue weighted by Crippen LogP contribution is 2.24. The third-order valence-corrected chi connectivity index (χ3v) is 6.28. The molecule has 2 aromatic carbocycles. The number of hydrogen-bond donors (Lipinski definition) is 3. The largest absolute Gasteiger partial charge is 0.350 e. The van der Waals surface area contributed by atoms with E-state index in [4.69, 9.17) is 0 Å². The van der Waals surface area contributed by atoms with Crippen LogP contribution in [-0.4, -0.2) is 31.4 Å². The average molecular weight is 471 g/mol. The number of carbonyl (C=O) groups is 2. The molecule has 0 unspecified atom stereocenters. The molecule has 1 aromatic heterocycles. The number of rotatable bonds is 7. The fourth-order valence-corrected chi connectivity index (χ4v) is 4.19. The van der Waals surface area contributed by atoms with Gasteiger partial charge in [0.05, 0.1) is 15.4 Å². The van der Waals surface area contributed by atoms with Gasteiger partial charge in [-0.15, -0.1) is 0 Å². The standard InChI is InChI=1S/C23H23FN4O4S/c1-15(2)27-22(29)20-12-19(9-10-21(20)24)33(31,32)18-7-5-17(6-8-18)28-23(30)26-14-16-4-3-11-25-13-16/h3-13,15H,14H2,1-2H3,(H,27,29)(H2,26,28,30). The molecule has 0 spiro atoms. The summed E-state index contributed by atoms with van der Waals surface area (Å²) >= 11 is 0. The van der Waals surface area contributed by atoms with E-state index in [1.165, 1.54) is 24.3 Å². The Labute approximate surface area is 191 Å². The summed E-state index contributed by atoms with van der Waals surface area (Å²) in [4.78, 5) is 27.9. The molecule has 0 aliphatic rings. The Morgan fingerprint density at radius 1 is 1.03 bits per heavy atom. The summed E-state index contributed by atoms with van der Waals surface area (Å²) < 4.78 is 40.1. The van der Waals surface area contributed by atoms with Crippen LogP contribution in [0.3, 0.4) is 0 Å². The number of anilines is 1. The van der Waals surface area contributed by atoms with E-state index < -0.39 is 27.6 Å². The Balaban J connectivity index is 1.72. The Morgan fingerprint density at radius 2 is 1.73 bits per heavy atom. The zero-order chi connectivity index (χ0) is 24.0. The van der Waals surface area contributed by atoms with Crippen molar-refractivity contribution in [3.05, 3.63) is 83.9 Å². The van der Waals surface area contributed by atoms with Crippen molar-refractivity contribution >= 4 is 27.5 Å². The van der Waals surface area contributed by atoms with Gasteiger partial charge in [0, 0.05) is 30.7 Å². The minimum absolute atomic E-state index is 0.0642. The van der Waals surface area contributed by atoms with E-state index in [1.54, 1.807) is 32.3 Å². The van der Waals surface area contributed by atoms with Gasteiger partial charge < -0.3 is 16.0 Å². The van der Waals surface area contributed by atoms with Gasteiger partial charge in [-0.3, -0.25) is 9.78 Å². The normalized spacial score (nSPS) is 11.2. The second-order valence-electron chi connectivity index (χ2n) is 7.47. The lowest BCUT2D eigenvalue weighted by Gasteiger charge is -2.11. The lowest BCUT2D eigenvalue weighted by atomic mass is 10.2. The molecule has 0 bridgehead atoms. The highest BCUT2D eigenvalue weighted by Gasteiger charge is 2.22. The minimum atomic E-state index is -4.01. The number of halogens is 1. The third kappa shape index (κ3) is 6.13. The SMILES string of the molecule is CC(C)NC(=O)c1cc(S(=O)(=O)c2ccc(NC(=O)NCc3cccnc3)cc2)ccc1F. The number of nitrogens with one attached hydrogen (secondary N) is 3. The van der Waals surface area contributed by atoms with Crippen molar-refractivity contribution in [1.82, 2.24) is 15.6 Å². The van der Waals surface area contributed by atoms with E-state index in [-0.39, 0.29) is 27.9 Å². The van der Waals surface area contributed by atoms with Gasteiger partial charge >= 0.3 is 6.03 Å². The summed E-state index contributed by atoms with van der Waals surface area (Å²) in [7, 11) is -4.01. The molecular formula is C23H23FN4O4S. The predicted molar refractivity (Wildman–Crippen MR) is 121 cm³/mol. The molecule has 3 amide bonds. The van der Waals surface area contributed by atoms with Gasteiger partial charge in [0.25, 0.3) is 5.91 Å². The van der Waals surface area contributed by atoms with Crippen molar-refractivity contribution < 1.29 is 22.4 Å². The van der Waals surface area contributed by atoms with E-state index in [0.717, 1.165) is 23.8 Å². The van der Waals surface area contributed by atoms with Crippen LogP contribution in [0, 0.1) is 5.82 Å². The maximum Gasteiger partial charge on any atom is 0.319 e. The van der Waals surface area contributed by atoms with Crippen LogP contribution in [-0.2, 0) is 16.4 Å². The lowest BCUT2D eigenvalue weighted by molar-refractivity contribution is 0.0938. The average Bonchev–Trinajstić information content (AvgIpc) is 2.78. The zero-order valence-electron chi connectivity index (χ0n) is 18.0. The van der Waals surface area contributed by atoms with Crippen molar-refractivity contribution in [3.8, 4) is 0 Å². The van der Waals surface area contributed by atoms with Gasteiger partial charge in [-0.25, -0.2) is 17.6 Å². The number of benzene rings is 2. The minimum Gasteiger partial charge on any atom is -0.350 e. The molecule has 0 aliphatic carbocycles. The monoisotopic (exact) mass is 470 g/mol. The molecule has 0 fully saturated rings. The van der Waals surface area contributed by atoms with Crippen LogP contribution in [0.4, 0.5) is 14.9 Å². The fourth-order valence-electron chi connectivity index (χ4n) is 2.90. The number of carbonyl (C=O) groups excluding carboxylic acids is 2. The van der Waals surface area contributed by atoms with Gasteiger partial charge in [0.15, 0.2) is 0 Å². The second kappa shape index (κ2) is 10.2. The number of aromatic nitrogens is 1. The first-order valence-corrected chi connectivity index (χ1v) is 11.5. The van der Waals surface area contributed by atoms with Gasteiger partial charge in [-0.2, -0.15) is 0 Å². The number of pyridine rings is 1.